The minimum Gasteiger partial charge on any atom is -0.469 e. The molecule has 30 heavy (non-hydrogen) atoms. The maximum Gasteiger partial charge on any atom is 0.311 e. The molecule has 0 aliphatic heterocycles. The van der Waals surface area contributed by atoms with Gasteiger partial charge in [-0.05, 0) is 31.9 Å². The van der Waals surface area contributed by atoms with Crippen LogP contribution in [0.4, 0.5) is 14.6 Å². The number of hydrogen-bond donors (Lipinski definition) is 1. The van der Waals surface area contributed by atoms with E-state index in [9.17, 15) is 13.6 Å². The van der Waals surface area contributed by atoms with E-state index in [0.29, 0.717) is 34.0 Å². The Morgan fingerprint density at radius 1 is 1.23 bits per heavy atom. The number of esters is 1. The van der Waals surface area contributed by atoms with Gasteiger partial charge in [0.1, 0.15) is 17.7 Å². The molecule has 0 spiro atoms. The van der Waals surface area contributed by atoms with Gasteiger partial charge in [-0.2, -0.15) is 0 Å². The van der Waals surface area contributed by atoms with Crippen LogP contribution in [0.5, 0.6) is 0 Å². The van der Waals surface area contributed by atoms with Crippen LogP contribution < -0.4 is 5.32 Å². The Kier molecular flexibility index (Phi) is 7.84. The first-order valence-electron chi connectivity index (χ1n) is 9.30. The smallest absolute Gasteiger partial charge is 0.311 e. The van der Waals surface area contributed by atoms with Gasteiger partial charge in [0, 0.05) is 18.2 Å². The van der Waals surface area contributed by atoms with Gasteiger partial charge >= 0.3 is 5.97 Å². The Morgan fingerprint density at radius 3 is 2.47 bits per heavy atom. The second-order valence-corrected chi connectivity index (χ2v) is 6.72. The van der Waals surface area contributed by atoms with Gasteiger partial charge in [-0.1, -0.05) is 24.1 Å². The topological polar surface area (TPSA) is 73.3 Å². The summed E-state index contributed by atoms with van der Waals surface area (Å²) in [4.78, 5) is 20.7. The second-order valence-electron chi connectivity index (χ2n) is 6.72. The van der Waals surface area contributed by atoms with Crippen LogP contribution in [-0.2, 0) is 20.7 Å². The Bertz CT molecular complexity index is 957. The third kappa shape index (κ3) is 5.10. The highest BCUT2D eigenvalue weighted by atomic mass is 19.3. The molecule has 0 aliphatic rings. The quantitative estimate of drug-likeness (QED) is 0.512. The number of nitrogens with one attached hydrogen (secondary N) is 1. The maximum atomic E-state index is 13.3. The van der Waals surface area contributed by atoms with Crippen LogP contribution in [-0.4, -0.2) is 30.2 Å². The molecule has 8 heteroatoms. The molecule has 0 aliphatic carbocycles. The Morgan fingerprint density at radius 2 is 1.90 bits per heavy atom. The summed E-state index contributed by atoms with van der Waals surface area (Å²) in [6.45, 7) is 5.07. The Labute approximate surface area is 175 Å². The summed E-state index contributed by atoms with van der Waals surface area (Å²) in [7, 11) is 2.81. The molecule has 1 heterocycles. The molecular formula is C22H25F2N3O3. The van der Waals surface area contributed by atoms with Gasteiger partial charge < -0.3 is 14.8 Å². The first-order valence-corrected chi connectivity index (χ1v) is 9.30. The van der Waals surface area contributed by atoms with Gasteiger partial charge in [-0.15, -0.1) is 6.42 Å². The van der Waals surface area contributed by atoms with E-state index in [-0.39, 0.29) is 12.0 Å². The lowest BCUT2D eigenvalue weighted by Gasteiger charge is -2.23. The lowest BCUT2D eigenvalue weighted by atomic mass is 9.96. The summed E-state index contributed by atoms with van der Waals surface area (Å²) in [6.07, 6.45) is 2.60. The monoisotopic (exact) mass is 417 g/mol. The molecule has 1 aromatic carbocycles. The van der Waals surface area contributed by atoms with Crippen molar-refractivity contribution >= 4 is 11.8 Å². The van der Waals surface area contributed by atoms with Crippen molar-refractivity contribution in [2.45, 2.75) is 45.8 Å². The van der Waals surface area contributed by atoms with Gasteiger partial charge in [0.05, 0.1) is 25.3 Å². The molecule has 0 saturated carbocycles. The van der Waals surface area contributed by atoms with Crippen molar-refractivity contribution in [3.05, 3.63) is 52.0 Å². The number of rotatable bonds is 8. The standard InChI is InChI=1S/C22H25F2N3O3/c1-7-17(15-9-8-10-16(12(15)2)21(23)24)27-22-20(13(3)29-5)18(11-19(28)30-6)25-14(4)26-22/h1,8-10,13,17,21H,11H2,2-6H3,(H,25,26,27). The van der Waals surface area contributed by atoms with Crippen LogP contribution >= 0.6 is 0 Å². The van der Waals surface area contributed by atoms with Gasteiger partial charge in [0.15, 0.2) is 0 Å². The fraction of sp³-hybridized carbons (Fsp3) is 0.409. The van der Waals surface area contributed by atoms with E-state index in [2.05, 4.69) is 21.2 Å². The van der Waals surface area contributed by atoms with Crippen molar-refractivity contribution in [3.8, 4) is 12.3 Å². The predicted octanol–water partition coefficient (Wildman–Crippen LogP) is 4.24. The van der Waals surface area contributed by atoms with Crippen LogP contribution in [0.15, 0.2) is 18.2 Å². The minimum atomic E-state index is -2.61. The molecule has 2 atom stereocenters. The summed E-state index contributed by atoms with van der Waals surface area (Å²) in [5.41, 5.74) is 1.86. The van der Waals surface area contributed by atoms with Crippen LogP contribution in [0.25, 0.3) is 0 Å². The number of benzene rings is 1. The third-order valence-corrected chi connectivity index (χ3v) is 4.85. The molecule has 0 fully saturated rings. The van der Waals surface area contributed by atoms with E-state index >= 15 is 0 Å². The number of aromatic nitrogens is 2. The maximum absolute atomic E-state index is 13.3. The number of alkyl halides is 2. The SMILES string of the molecule is C#CC(Nc1nc(C)nc(CC(=O)OC)c1C(C)OC)c1cccc(C(F)F)c1C. The molecule has 2 unspecified atom stereocenters. The van der Waals surface area contributed by atoms with Crippen molar-refractivity contribution in [2.24, 2.45) is 0 Å². The van der Waals surface area contributed by atoms with E-state index in [4.69, 9.17) is 15.9 Å². The lowest BCUT2D eigenvalue weighted by molar-refractivity contribution is -0.139. The van der Waals surface area contributed by atoms with Crippen molar-refractivity contribution in [3.63, 3.8) is 0 Å². The van der Waals surface area contributed by atoms with Crippen LogP contribution in [0.3, 0.4) is 0 Å². The predicted molar refractivity (Wildman–Crippen MR) is 109 cm³/mol. The molecule has 2 rings (SSSR count). The molecular weight excluding hydrogens is 392 g/mol. The zero-order valence-electron chi connectivity index (χ0n) is 17.6. The van der Waals surface area contributed by atoms with Gasteiger partial charge in [-0.25, -0.2) is 18.7 Å². The zero-order valence-corrected chi connectivity index (χ0v) is 17.6. The van der Waals surface area contributed by atoms with Gasteiger partial charge in [-0.3, -0.25) is 4.79 Å². The van der Waals surface area contributed by atoms with Crippen molar-refractivity contribution in [1.82, 2.24) is 9.97 Å². The van der Waals surface area contributed by atoms with Crippen molar-refractivity contribution in [1.29, 1.82) is 0 Å². The number of hydrogen-bond acceptors (Lipinski definition) is 6. The first kappa shape index (κ1) is 23.2. The lowest BCUT2D eigenvalue weighted by Crippen LogP contribution is -2.19. The molecule has 160 valence electrons. The van der Waals surface area contributed by atoms with Crippen LogP contribution in [0.1, 0.15) is 59.3 Å². The first-order chi connectivity index (χ1) is 14.2. The van der Waals surface area contributed by atoms with Crippen LogP contribution in [0.2, 0.25) is 0 Å². The molecule has 1 aromatic heterocycles. The summed E-state index contributed by atoms with van der Waals surface area (Å²) in [6, 6.07) is 3.88. The van der Waals surface area contributed by atoms with E-state index < -0.39 is 24.5 Å². The number of carbonyl (C=O) groups is 1. The van der Waals surface area contributed by atoms with Gasteiger partial charge in [0.2, 0.25) is 0 Å². The summed E-state index contributed by atoms with van der Waals surface area (Å²) in [5.74, 6) is 2.93. The fourth-order valence-electron chi connectivity index (χ4n) is 3.21. The highest BCUT2D eigenvalue weighted by Gasteiger charge is 2.24. The molecule has 0 bridgehead atoms. The molecule has 6 nitrogen and oxygen atoms in total. The molecule has 0 saturated heterocycles. The Balaban J connectivity index is 2.56. The molecule has 2 aromatic rings. The minimum absolute atomic E-state index is 0.0712. The van der Waals surface area contributed by atoms with Crippen LogP contribution in [0, 0.1) is 26.2 Å². The molecule has 1 N–H and O–H groups in total. The molecule has 0 amide bonds. The molecule has 0 radical (unpaired) electrons. The summed E-state index contributed by atoms with van der Waals surface area (Å²) in [5, 5.41) is 3.14. The number of terminal acetylenes is 1. The number of aryl methyl sites for hydroxylation is 1. The number of nitrogens with zero attached hydrogens (tertiary/aromatic N) is 2. The third-order valence-electron chi connectivity index (χ3n) is 4.85. The van der Waals surface area contributed by atoms with E-state index in [1.807, 2.05) is 0 Å². The average molecular weight is 417 g/mol. The highest BCUT2D eigenvalue weighted by molar-refractivity contribution is 5.73. The zero-order chi connectivity index (χ0) is 22.4. The number of carbonyl (C=O) groups excluding carboxylic acids is 1. The Hall–Kier alpha value is -3.05. The second kappa shape index (κ2) is 10.1. The van der Waals surface area contributed by atoms with Crippen molar-refractivity contribution in [2.75, 3.05) is 19.5 Å². The summed E-state index contributed by atoms with van der Waals surface area (Å²) < 4.78 is 36.9. The number of halogens is 2. The largest absolute Gasteiger partial charge is 0.469 e. The number of anilines is 1. The number of ether oxygens (including phenoxy) is 2. The average Bonchev–Trinajstić information content (AvgIpc) is 2.71. The van der Waals surface area contributed by atoms with Crippen molar-refractivity contribution < 1.29 is 23.0 Å². The summed E-state index contributed by atoms with van der Waals surface area (Å²) >= 11 is 0. The normalized spacial score (nSPS) is 12.9. The highest BCUT2D eigenvalue weighted by Crippen LogP contribution is 2.32. The number of methoxy groups -OCH3 is 2. The van der Waals surface area contributed by atoms with Gasteiger partial charge in [0.25, 0.3) is 6.43 Å². The van der Waals surface area contributed by atoms with E-state index in [1.54, 1.807) is 32.9 Å². The fourth-order valence-corrected chi connectivity index (χ4v) is 3.21. The van der Waals surface area contributed by atoms with E-state index in [1.165, 1.54) is 20.3 Å². The van der Waals surface area contributed by atoms with E-state index in [0.717, 1.165) is 0 Å².